The lowest BCUT2D eigenvalue weighted by molar-refractivity contribution is 0.182. The predicted molar refractivity (Wildman–Crippen MR) is 82.7 cm³/mol. The number of thiophene rings is 1. The standard InChI is InChI=1S/C13H15NO3S3/c1-18-11-6-4-10(5-7-11)12(15)9-14-20(16,17)13-3-2-8-19-13/h2-8,12,14-15H,9H2,1H3. The SMILES string of the molecule is CSc1ccc(C(O)CNS(=O)(=O)c2cccs2)cc1. The van der Waals surface area contributed by atoms with Crippen molar-refractivity contribution < 1.29 is 13.5 Å². The van der Waals surface area contributed by atoms with Gasteiger partial charge in [0.2, 0.25) is 10.0 Å². The third-order valence-electron chi connectivity index (χ3n) is 2.73. The Balaban J connectivity index is 1.99. The van der Waals surface area contributed by atoms with Crippen molar-refractivity contribution in [2.45, 2.75) is 15.2 Å². The summed E-state index contributed by atoms with van der Waals surface area (Å²) in [6, 6.07) is 10.6. The molecule has 0 spiro atoms. The van der Waals surface area contributed by atoms with Crippen LogP contribution in [-0.4, -0.2) is 26.3 Å². The van der Waals surface area contributed by atoms with E-state index >= 15 is 0 Å². The summed E-state index contributed by atoms with van der Waals surface area (Å²) < 4.78 is 26.5. The molecule has 108 valence electrons. The maximum Gasteiger partial charge on any atom is 0.250 e. The molecular formula is C13H15NO3S3. The number of benzene rings is 1. The van der Waals surface area contributed by atoms with Crippen LogP contribution in [0.4, 0.5) is 0 Å². The minimum atomic E-state index is -3.53. The van der Waals surface area contributed by atoms with E-state index in [1.807, 2.05) is 18.4 Å². The first kappa shape index (κ1) is 15.5. The molecule has 2 rings (SSSR count). The second-order valence-corrected chi connectivity index (χ2v) is 7.89. The first-order valence-corrected chi connectivity index (χ1v) is 9.47. The Kier molecular flexibility index (Phi) is 5.22. The highest BCUT2D eigenvalue weighted by Crippen LogP contribution is 2.20. The van der Waals surface area contributed by atoms with Crippen LogP contribution in [0.2, 0.25) is 0 Å². The van der Waals surface area contributed by atoms with Crippen LogP contribution >= 0.6 is 23.1 Å². The molecular weight excluding hydrogens is 314 g/mol. The van der Waals surface area contributed by atoms with Crippen molar-refractivity contribution >= 4 is 33.1 Å². The molecule has 2 aromatic rings. The summed E-state index contributed by atoms with van der Waals surface area (Å²) in [4.78, 5) is 1.10. The number of rotatable bonds is 6. The van der Waals surface area contributed by atoms with Crippen LogP contribution in [0.25, 0.3) is 0 Å². The lowest BCUT2D eigenvalue weighted by Gasteiger charge is -2.12. The van der Waals surface area contributed by atoms with Crippen LogP contribution in [0.15, 0.2) is 50.9 Å². The van der Waals surface area contributed by atoms with Gasteiger partial charge in [-0.2, -0.15) is 0 Å². The molecule has 0 aliphatic carbocycles. The fourth-order valence-electron chi connectivity index (χ4n) is 1.62. The van der Waals surface area contributed by atoms with Crippen molar-refractivity contribution in [2.75, 3.05) is 12.8 Å². The number of nitrogens with one attached hydrogen (secondary N) is 1. The summed E-state index contributed by atoms with van der Waals surface area (Å²) in [5, 5.41) is 11.7. The van der Waals surface area contributed by atoms with Gasteiger partial charge in [-0.15, -0.1) is 23.1 Å². The Bertz CT molecular complexity index is 636. The van der Waals surface area contributed by atoms with Crippen molar-refractivity contribution in [1.29, 1.82) is 0 Å². The van der Waals surface area contributed by atoms with Gasteiger partial charge < -0.3 is 5.11 Å². The maximum absolute atomic E-state index is 11.9. The second-order valence-electron chi connectivity index (χ2n) is 4.07. The van der Waals surface area contributed by atoms with Gasteiger partial charge in [0.1, 0.15) is 4.21 Å². The van der Waals surface area contributed by atoms with E-state index in [9.17, 15) is 13.5 Å². The zero-order valence-electron chi connectivity index (χ0n) is 10.8. The van der Waals surface area contributed by atoms with E-state index in [4.69, 9.17) is 0 Å². The Labute approximate surface area is 126 Å². The van der Waals surface area contributed by atoms with Crippen molar-refractivity contribution in [3.05, 3.63) is 47.3 Å². The van der Waals surface area contributed by atoms with E-state index in [1.165, 1.54) is 6.07 Å². The van der Waals surface area contributed by atoms with Crippen LogP contribution in [0.1, 0.15) is 11.7 Å². The van der Waals surface area contributed by atoms with Gasteiger partial charge in [-0.3, -0.25) is 0 Å². The minimum Gasteiger partial charge on any atom is -0.387 e. The highest BCUT2D eigenvalue weighted by atomic mass is 32.2. The number of hydrogen-bond donors (Lipinski definition) is 2. The van der Waals surface area contributed by atoms with Gasteiger partial charge in [0.05, 0.1) is 6.10 Å². The van der Waals surface area contributed by atoms with Gasteiger partial charge in [0, 0.05) is 11.4 Å². The highest BCUT2D eigenvalue weighted by molar-refractivity contribution is 7.98. The molecule has 7 heteroatoms. The number of hydrogen-bond acceptors (Lipinski definition) is 5. The number of thioether (sulfide) groups is 1. The molecule has 0 saturated carbocycles. The zero-order valence-corrected chi connectivity index (χ0v) is 13.3. The largest absolute Gasteiger partial charge is 0.387 e. The van der Waals surface area contributed by atoms with E-state index in [1.54, 1.807) is 35.3 Å². The number of aliphatic hydroxyl groups excluding tert-OH is 1. The van der Waals surface area contributed by atoms with Crippen LogP contribution in [0.5, 0.6) is 0 Å². The minimum absolute atomic E-state index is 0.0428. The Morgan fingerprint density at radius 2 is 2.00 bits per heavy atom. The van der Waals surface area contributed by atoms with Gasteiger partial charge in [-0.1, -0.05) is 18.2 Å². The molecule has 1 unspecified atom stereocenters. The zero-order chi connectivity index (χ0) is 14.6. The molecule has 20 heavy (non-hydrogen) atoms. The van der Waals surface area contributed by atoms with Crippen molar-refractivity contribution in [3.63, 3.8) is 0 Å². The van der Waals surface area contributed by atoms with Crippen LogP contribution in [0.3, 0.4) is 0 Å². The quantitative estimate of drug-likeness (QED) is 0.799. The molecule has 0 saturated heterocycles. The van der Waals surface area contributed by atoms with Gasteiger partial charge in [-0.25, -0.2) is 13.1 Å². The third kappa shape index (κ3) is 3.83. The molecule has 0 aliphatic heterocycles. The molecule has 0 amide bonds. The van der Waals surface area contributed by atoms with Crippen LogP contribution in [0, 0.1) is 0 Å². The molecule has 1 heterocycles. The van der Waals surface area contributed by atoms with Crippen molar-refractivity contribution in [3.8, 4) is 0 Å². The molecule has 1 aromatic carbocycles. The van der Waals surface area contributed by atoms with E-state index < -0.39 is 16.1 Å². The molecule has 2 N–H and O–H groups in total. The maximum atomic E-state index is 11.9. The van der Waals surface area contributed by atoms with Crippen molar-refractivity contribution in [2.24, 2.45) is 0 Å². The first-order chi connectivity index (χ1) is 9.53. The molecule has 1 aromatic heterocycles. The third-order valence-corrected chi connectivity index (χ3v) is 6.29. The van der Waals surface area contributed by atoms with Crippen molar-refractivity contribution in [1.82, 2.24) is 4.72 Å². The molecule has 0 bridgehead atoms. The number of aliphatic hydroxyl groups is 1. The monoisotopic (exact) mass is 329 g/mol. The Morgan fingerprint density at radius 3 is 2.55 bits per heavy atom. The average Bonchev–Trinajstić information content (AvgIpc) is 3.00. The van der Waals surface area contributed by atoms with Crippen LogP contribution < -0.4 is 4.72 Å². The normalized spacial score (nSPS) is 13.3. The summed E-state index contributed by atoms with van der Waals surface area (Å²) in [5.74, 6) is 0. The van der Waals surface area contributed by atoms with E-state index in [-0.39, 0.29) is 10.8 Å². The molecule has 0 fully saturated rings. The molecule has 1 atom stereocenters. The van der Waals surface area contributed by atoms with Gasteiger partial charge >= 0.3 is 0 Å². The first-order valence-electron chi connectivity index (χ1n) is 5.88. The molecule has 4 nitrogen and oxygen atoms in total. The lowest BCUT2D eigenvalue weighted by atomic mass is 10.1. The fourth-order valence-corrected chi connectivity index (χ4v) is 4.10. The van der Waals surface area contributed by atoms with E-state index in [0.29, 0.717) is 5.56 Å². The number of sulfonamides is 1. The van der Waals surface area contributed by atoms with Gasteiger partial charge in [0.15, 0.2) is 0 Å². The fraction of sp³-hybridized carbons (Fsp3) is 0.231. The summed E-state index contributed by atoms with van der Waals surface area (Å²) in [5.41, 5.74) is 0.691. The molecule has 0 radical (unpaired) electrons. The average molecular weight is 329 g/mol. The summed E-state index contributed by atoms with van der Waals surface area (Å²) in [6.45, 7) is -0.0428. The van der Waals surface area contributed by atoms with Gasteiger partial charge in [-0.05, 0) is 35.4 Å². The topological polar surface area (TPSA) is 66.4 Å². The van der Waals surface area contributed by atoms with Crippen LogP contribution in [-0.2, 0) is 10.0 Å². The summed E-state index contributed by atoms with van der Waals surface area (Å²) in [6.07, 6.45) is 1.11. The highest BCUT2D eigenvalue weighted by Gasteiger charge is 2.17. The predicted octanol–water partition coefficient (Wildman–Crippen LogP) is 2.48. The Hall–Kier alpha value is -0.860. The molecule has 0 aliphatic rings. The van der Waals surface area contributed by atoms with E-state index in [2.05, 4.69) is 4.72 Å². The Morgan fingerprint density at radius 1 is 1.30 bits per heavy atom. The van der Waals surface area contributed by atoms with Gasteiger partial charge in [0.25, 0.3) is 0 Å². The van der Waals surface area contributed by atoms with E-state index in [0.717, 1.165) is 16.2 Å². The second kappa shape index (κ2) is 6.73. The summed E-state index contributed by atoms with van der Waals surface area (Å²) >= 11 is 2.76. The summed E-state index contributed by atoms with van der Waals surface area (Å²) in [7, 11) is -3.53. The smallest absolute Gasteiger partial charge is 0.250 e. The lowest BCUT2D eigenvalue weighted by Crippen LogP contribution is -2.27.